The van der Waals surface area contributed by atoms with E-state index in [-0.39, 0.29) is 0 Å². The van der Waals surface area contributed by atoms with E-state index in [0.717, 1.165) is 49.7 Å². The molecule has 2 heteroatoms. The lowest BCUT2D eigenvalue weighted by Gasteiger charge is -2.54. The van der Waals surface area contributed by atoms with E-state index >= 15 is 0 Å². The zero-order valence-corrected chi connectivity index (χ0v) is 11.1. The summed E-state index contributed by atoms with van der Waals surface area (Å²) in [6.45, 7) is 1.62. The second kappa shape index (κ2) is 4.33. The van der Waals surface area contributed by atoms with Gasteiger partial charge in [-0.3, -0.25) is 4.79 Å². The number of hydrogen-bond donors (Lipinski definition) is 0. The van der Waals surface area contributed by atoms with E-state index < -0.39 is 0 Å². The fourth-order valence-electron chi connectivity index (χ4n) is 5.64. The predicted molar refractivity (Wildman–Crippen MR) is 69.1 cm³/mol. The summed E-state index contributed by atoms with van der Waals surface area (Å²) >= 11 is 0. The quantitative estimate of drug-likeness (QED) is 0.750. The molecule has 4 saturated carbocycles. The number of rotatable bonds is 2. The third-order valence-electron chi connectivity index (χ3n) is 6.18. The highest BCUT2D eigenvalue weighted by atomic mass is 16.5. The van der Waals surface area contributed by atoms with Crippen molar-refractivity contribution in [2.75, 3.05) is 13.2 Å². The summed E-state index contributed by atoms with van der Waals surface area (Å²) in [5.41, 5.74) is 0. The Labute approximate surface area is 109 Å². The summed E-state index contributed by atoms with van der Waals surface area (Å²) in [5.74, 6) is 4.89. The molecule has 2 nitrogen and oxygen atoms in total. The van der Waals surface area contributed by atoms with Crippen LogP contribution in [0.25, 0.3) is 0 Å². The topological polar surface area (TPSA) is 26.3 Å². The number of hydrogen-bond acceptors (Lipinski definition) is 2. The van der Waals surface area contributed by atoms with Crippen LogP contribution in [0, 0.1) is 35.5 Å². The van der Waals surface area contributed by atoms with Gasteiger partial charge in [-0.15, -0.1) is 0 Å². The molecule has 18 heavy (non-hydrogen) atoms. The Morgan fingerprint density at radius 1 is 0.833 bits per heavy atom. The number of carbonyl (C=O) groups is 1. The summed E-state index contributed by atoms with van der Waals surface area (Å²) in [5, 5.41) is 0. The van der Waals surface area contributed by atoms with E-state index in [1.165, 1.54) is 32.1 Å². The molecule has 100 valence electrons. The van der Waals surface area contributed by atoms with Gasteiger partial charge in [-0.2, -0.15) is 0 Å². The van der Waals surface area contributed by atoms with Crippen LogP contribution >= 0.6 is 0 Å². The first-order chi connectivity index (χ1) is 8.81. The largest absolute Gasteiger partial charge is 0.381 e. The molecule has 0 aromatic rings. The van der Waals surface area contributed by atoms with Gasteiger partial charge in [-0.1, -0.05) is 0 Å². The number of carbonyl (C=O) groups excluding carboxylic acids is 1. The highest BCUT2D eigenvalue weighted by Gasteiger charge is 2.51. The van der Waals surface area contributed by atoms with Gasteiger partial charge in [0.1, 0.15) is 5.78 Å². The van der Waals surface area contributed by atoms with Crippen LogP contribution in [0.2, 0.25) is 0 Å². The van der Waals surface area contributed by atoms with Crippen LogP contribution in [0.3, 0.4) is 0 Å². The SMILES string of the molecule is O=C(C1CCOCC1)C1C2CC3CC(C2)CC1C3. The van der Waals surface area contributed by atoms with Crippen LogP contribution < -0.4 is 0 Å². The summed E-state index contributed by atoms with van der Waals surface area (Å²) < 4.78 is 5.40. The molecule has 0 aromatic heterocycles. The van der Waals surface area contributed by atoms with E-state index in [9.17, 15) is 4.79 Å². The lowest BCUT2D eigenvalue weighted by Crippen LogP contribution is -2.49. The molecule has 0 aromatic carbocycles. The van der Waals surface area contributed by atoms with Gasteiger partial charge < -0.3 is 4.74 Å². The first kappa shape index (κ1) is 11.5. The molecular weight excluding hydrogens is 224 g/mol. The predicted octanol–water partition coefficient (Wildman–Crippen LogP) is 3.05. The molecule has 1 aliphatic heterocycles. The van der Waals surface area contributed by atoms with E-state index in [4.69, 9.17) is 4.74 Å². The third-order valence-corrected chi connectivity index (χ3v) is 6.18. The van der Waals surface area contributed by atoms with Crippen LogP contribution in [-0.4, -0.2) is 19.0 Å². The van der Waals surface area contributed by atoms with Gasteiger partial charge in [-0.25, -0.2) is 0 Å². The van der Waals surface area contributed by atoms with E-state index in [1.54, 1.807) is 0 Å². The average Bonchev–Trinajstić information content (AvgIpc) is 2.38. The van der Waals surface area contributed by atoms with Gasteiger partial charge in [0, 0.05) is 25.0 Å². The Hall–Kier alpha value is -0.370. The van der Waals surface area contributed by atoms with Crippen molar-refractivity contribution in [1.82, 2.24) is 0 Å². The van der Waals surface area contributed by atoms with E-state index in [1.807, 2.05) is 0 Å². The maximum atomic E-state index is 12.8. The van der Waals surface area contributed by atoms with E-state index in [0.29, 0.717) is 17.6 Å². The van der Waals surface area contributed by atoms with Crippen LogP contribution in [0.4, 0.5) is 0 Å². The van der Waals surface area contributed by atoms with Crippen molar-refractivity contribution in [3.8, 4) is 0 Å². The Balaban J connectivity index is 1.52. The Kier molecular flexibility index (Phi) is 2.76. The van der Waals surface area contributed by atoms with Gasteiger partial charge in [0.25, 0.3) is 0 Å². The normalized spacial score (nSPS) is 47.4. The minimum Gasteiger partial charge on any atom is -0.381 e. The number of ether oxygens (including phenoxy) is 1. The molecule has 4 aliphatic carbocycles. The van der Waals surface area contributed by atoms with Crippen molar-refractivity contribution in [3.05, 3.63) is 0 Å². The maximum absolute atomic E-state index is 12.8. The first-order valence-corrected chi connectivity index (χ1v) is 7.92. The second-order valence-electron chi connectivity index (χ2n) is 7.25. The molecule has 1 saturated heterocycles. The van der Waals surface area contributed by atoms with Crippen molar-refractivity contribution in [2.45, 2.75) is 44.9 Å². The molecular formula is C16H24O2. The summed E-state index contributed by atoms with van der Waals surface area (Å²) in [6.07, 6.45) is 8.92. The van der Waals surface area contributed by atoms with Crippen LogP contribution in [-0.2, 0) is 9.53 Å². The van der Waals surface area contributed by atoms with Crippen molar-refractivity contribution >= 4 is 5.78 Å². The van der Waals surface area contributed by atoms with Gasteiger partial charge in [-0.05, 0) is 68.6 Å². The third kappa shape index (κ3) is 1.76. The fraction of sp³-hybridized carbons (Fsp3) is 0.938. The first-order valence-electron chi connectivity index (χ1n) is 7.92. The molecule has 5 fully saturated rings. The molecule has 1 heterocycles. The molecule has 0 amide bonds. The zero-order valence-electron chi connectivity index (χ0n) is 11.1. The molecule has 0 N–H and O–H groups in total. The Bertz CT molecular complexity index is 315. The zero-order chi connectivity index (χ0) is 12.1. The number of Topliss-reactive ketones (excluding diaryl/α,β-unsaturated/α-hetero) is 1. The standard InChI is InChI=1S/C16H24O2/c17-16(12-1-3-18-4-2-12)15-13-6-10-5-11(8-13)9-14(15)7-10/h10-15H,1-9H2. The van der Waals surface area contributed by atoms with Gasteiger partial charge in [0.15, 0.2) is 0 Å². The van der Waals surface area contributed by atoms with Crippen molar-refractivity contribution < 1.29 is 9.53 Å². The monoisotopic (exact) mass is 248 g/mol. The van der Waals surface area contributed by atoms with E-state index in [2.05, 4.69) is 0 Å². The molecule has 0 radical (unpaired) electrons. The average molecular weight is 248 g/mol. The molecule has 5 rings (SSSR count). The maximum Gasteiger partial charge on any atom is 0.139 e. The Morgan fingerprint density at radius 2 is 1.39 bits per heavy atom. The van der Waals surface area contributed by atoms with Gasteiger partial charge >= 0.3 is 0 Å². The van der Waals surface area contributed by atoms with Crippen molar-refractivity contribution in [3.63, 3.8) is 0 Å². The van der Waals surface area contributed by atoms with Crippen molar-refractivity contribution in [2.24, 2.45) is 35.5 Å². The molecule has 0 spiro atoms. The minimum absolute atomic E-state index is 0.335. The lowest BCUT2D eigenvalue weighted by molar-refractivity contribution is -0.142. The second-order valence-corrected chi connectivity index (χ2v) is 7.25. The van der Waals surface area contributed by atoms with Crippen LogP contribution in [0.1, 0.15) is 44.9 Å². The van der Waals surface area contributed by atoms with Gasteiger partial charge in [0.05, 0.1) is 0 Å². The fourth-order valence-corrected chi connectivity index (χ4v) is 5.64. The molecule has 0 atom stereocenters. The summed E-state index contributed by atoms with van der Waals surface area (Å²) in [7, 11) is 0. The Morgan fingerprint density at radius 3 is 1.94 bits per heavy atom. The molecule has 0 unspecified atom stereocenters. The van der Waals surface area contributed by atoms with Gasteiger partial charge in [0.2, 0.25) is 0 Å². The molecule has 5 aliphatic rings. The summed E-state index contributed by atoms with van der Waals surface area (Å²) in [6, 6.07) is 0. The lowest BCUT2D eigenvalue weighted by atomic mass is 9.50. The number of ketones is 1. The molecule has 4 bridgehead atoms. The minimum atomic E-state index is 0.335. The highest BCUT2D eigenvalue weighted by Crippen LogP contribution is 2.57. The van der Waals surface area contributed by atoms with Crippen LogP contribution in [0.5, 0.6) is 0 Å². The summed E-state index contributed by atoms with van der Waals surface area (Å²) in [4.78, 5) is 12.8. The highest BCUT2D eigenvalue weighted by molar-refractivity contribution is 5.84. The van der Waals surface area contributed by atoms with Crippen LogP contribution in [0.15, 0.2) is 0 Å². The van der Waals surface area contributed by atoms with Crippen molar-refractivity contribution in [1.29, 1.82) is 0 Å². The smallest absolute Gasteiger partial charge is 0.139 e.